The summed E-state index contributed by atoms with van der Waals surface area (Å²) >= 11 is 1.68. The van der Waals surface area contributed by atoms with Crippen molar-refractivity contribution >= 4 is 11.8 Å². The molecule has 0 spiro atoms. The number of hydrogen-bond donors (Lipinski definition) is 1. The maximum Gasteiger partial charge on any atom is 0.187 e. The Bertz CT molecular complexity index is 695. The molecule has 1 aliphatic rings. The van der Waals surface area contributed by atoms with Crippen LogP contribution in [-0.2, 0) is 12.1 Å². The van der Waals surface area contributed by atoms with Gasteiger partial charge in [-0.15, -0.1) is 0 Å². The third-order valence-electron chi connectivity index (χ3n) is 4.81. The van der Waals surface area contributed by atoms with Gasteiger partial charge in [0.05, 0.1) is 5.60 Å². The van der Waals surface area contributed by atoms with Crippen LogP contribution in [-0.4, -0.2) is 38.8 Å². The Morgan fingerprint density at radius 2 is 1.88 bits per heavy atom. The van der Waals surface area contributed by atoms with Crippen LogP contribution in [0.5, 0.6) is 0 Å². The second kappa shape index (κ2) is 8.93. The number of rotatable bonds is 6. The lowest BCUT2D eigenvalue weighted by Gasteiger charge is -2.27. The van der Waals surface area contributed by atoms with Gasteiger partial charge in [0.15, 0.2) is 5.16 Å². The Hall–Kier alpha value is -1.50. The van der Waals surface area contributed by atoms with Crippen LogP contribution in [0.1, 0.15) is 43.7 Å². The van der Waals surface area contributed by atoms with Crippen LogP contribution in [0.3, 0.4) is 0 Å². The van der Waals surface area contributed by atoms with Crippen LogP contribution >= 0.6 is 11.8 Å². The third kappa shape index (κ3) is 5.02. The lowest BCUT2D eigenvalue weighted by Crippen LogP contribution is -2.29. The molecular formula is C20H26FN3OS. The standard InChI is InChI=1S/C20H26FN3OS/c1-2-12-26-19-22-13-16(14-23-19)15-24-10-3-8-20(25,9-11-24)17-4-6-18(21)7-5-17/h4-7,13-14,25H,2-3,8-12,15H2,1H3. The van der Waals surface area contributed by atoms with E-state index in [0.717, 1.165) is 54.5 Å². The summed E-state index contributed by atoms with van der Waals surface area (Å²) in [7, 11) is 0. The highest BCUT2D eigenvalue weighted by molar-refractivity contribution is 7.99. The van der Waals surface area contributed by atoms with E-state index in [9.17, 15) is 9.50 Å². The Balaban J connectivity index is 1.59. The van der Waals surface area contributed by atoms with Gasteiger partial charge in [-0.3, -0.25) is 4.90 Å². The fourth-order valence-electron chi connectivity index (χ4n) is 3.33. The molecule has 1 aromatic heterocycles. The molecule has 1 N–H and O–H groups in total. The number of thioether (sulfide) groups is 1. The summed E-state index contributed by atoms with van der Waals surface area (Å²) in [6, 6.07) is 6.24. The summed E-state index contributed by atoms with van der Waals surface area (Å²) in [6.07, 6.45) is 7.16. The molecule has 1 fully saturated rings. The lowest BCUT2D eigenvalue weighted by molar-refractivity contribution is 0.0209. The monoisotopic (exact) mass is 375 g/mol. The van der Waals surface area contributed by atoms with Gasteiger partial charge < -0.3 is 5.11 Å². The summed E-state index contributed by atoms with van der Waals surface area (Å²) in [6.45, 7) is 4.65. The van der Waals surface area contributed by atoms with Crippen molar-refractivity contribution in [2.24, 2.45) is 0 Å². The number of aliphatic hydroxyl groups is 1. The molecule has 1 atom stereocenters. The first-order chi connectivity index (χ1) is 12.6. The van der Waals surface area contributed by atoms with E-state index in [0.29, 0.717) is 12.8 Å². The van der Waals surface area contributed by atoms with Crippen molar-refractivity contribution in [1.29, 1.82) is 0 Å². The van der Waals surface area contributed by atoms with Gasteiger partial charge in [-0.25, -0.2) is 14.4 Å². The summed E-state index contributed by atoms with van der Waals surface area (Å²) < 4.78 is 13.2. The second-order valence-corrected chi connectivity index (χ2v) is 7.95. The smallest absolute Gasteiger partial charge is 0.187 e. The van der Waals surface area contributed by atoms with Crippen molar-refractivity contribution in [2.75, 3.05) is 18.8 Å². The largest absolute Gasteiger partial charge is 0.385 e. The Morgan fingerprint density at radius 3 is 2.58 bits per heavy atom. The first-order valence-corrected chi connectivity index (χ1v) is 10.2. The van der Waals surface area contributed by atoms with Crippen molar-refractivity contribution in [3.05, 3.63) is 53.6 Å². The van der Waals surface area contributed by atoms with Crippen LogP contribution in [0.2, 0.25) is 0 Å². The maximum absolute atomic E-state index is 13.2. The molecule has 0 bridgehead atoms. The Kier molecular flexibility index (Phi) is 6.62. The molecule has 0 radical (unpaired) electrons. The van der Waals surface area contributed by atoms with E-state index in [2.05, 4.69) is 21.8 Å². The molecule has 140 valence electrons. The number of nitrogens with zero attached hydrogens (tertiary/aromatic N) is 3. The molecule has 0 saturated carbocycles. The zero-order valence-electron chi connectivity index (χ0n) is 15.2. The average molecular weight is 376 g/mol. The Labute approximate surface area is 158 Å². The third-order valence-corrected chi connectivity index (χ3v) is 5.89. The number of halogens is 1. The van der Waals surface area contributed by atoms with Crippen LogP contribution in [0.15, 0.2) is 41.8 Å². The zero-order chi connectivity index (χ0) is 18.4. The second-order valence-electron chi connectivity index (χ2n) is 6.89. The van der Waals surface area contributed by atoms with Crippen LogP contribution in [0.25, 0.3) is 0 Å². The minimum Gasteiger partial charge on any atom is -0.385 e. The zero-order valence-corrected chi connectivity index (χ0v) is 16.0. The van der Waals surface area contributed by atoms with Gasteiger partial charge in [-0.2, -0.15) is 0 Å². The molecule has 6 heteroatoms. The van der Waals surface area contributed by atoms with Gasteiger partial charge in [0.25, 0.3) is 0 Å². The van der Waals surface area contributed by atoms with Crippen molar-refractivity contribution < 1.29 is 9.50 Å². The molecule has 3 rings (SSSR count). The van der Waals surface area contributed by atoms with E-state index in [1.54, 1.807) is 23.9 Å². The summed E-state index contributed by atoms with van der Waals surface area (Å²) in [5, 5.41) is 11.9. The van der Waals surface area contributed by atoms with Crippen LogP contribution in [0, 0.1) is 5.82 Å². The first kappa shape index (κ1) is 19.3. The molecule has 0 amide bonds. The SMILES string of the molecule is CCCSc1ncc(CN2CCCC(O)(c3ccc(F)cc3)CC2)cn1. The highest BCUT2D eigenvalue weighted by Crippen LogP contribution is 2.33. The minimum absolute atomic E-state index is 0.270. The molecule has 1 aromatic carbocycles. The normalized spacial score (nSPS) is 21.5. The molecule has 2 aromatic rings. The van der Waals surface area contributed by atoms with E-state index in [4.69, 9.17) is 0 Å². The van der Waals surface area contributed by atoms with Crippen LogP contribution in [0.4, 0.5) is 4.39 Å². The van der Waals surface area contributed by atoms with Gasteiger partial charge in [0.1, 0.15) is 5.82 Å². The predicted octanol–water partition coefficient (Wildman–Crippen LogP) is 3.99. The minimum atomic E-state index is -0.875. The molecular weight excluding hydrogens is 349 g/mol. The van der Waals surface area contributed by atoms with Crippen LogP contribution < -0.4 is 0 Å². The molecule has 1 saturated heterocycles. The van der Waals surface area contributed by atoms with Crippen molar-refractivity contribution in [2.45, 2.75) is 49.9 Å². The molecule has 0 aliphatic carbocycles. The fourth-order valence-corrected chi connectivity index (χ4v) is 3.97. The highest BCUT2D eigenvalue weighted by Gasteiger charge is 2.31. The quantitative estimate of drug-likeness (QED) is 0.611. The fraction of sp³-hybridized carbons (Fsp3) is 0.500. The number of likely N-dealkylation sites (tertiary alicyclic amines) is 1. The average Bonchev–Trinajstić information content (AvgIpc) is 2.84. The topological polar surface area (TPSA) is 49.2 Å². The van der Waals surface area contributed by atoms with Gasteiger partial charge in [0.2, 0.25) is 0 Å². The lowest BCUT2D eigenvalue weighted by atomic mass is 9.87. The molecule has 26 heavy (non-hydrogen) atoms. The van der Waals surface area contributed by atoms with Gasteiger partial charge >= 0.3 is 0 Å². The molecule has 1 aliphatic heterocycles. The van der Waals surface area contributed by atoms with Gasteiger partial charge in [-0.05, 0) is 49.9 Å². The van der Waals surface area contributed by atoms with E-state index >= 15 is 0 Å². The summed E-state index contributed by atoms with van der Waals surface area (Å²) in [5.41, 5.74) is 1.03. The van der Waals surface area contributed by atoms with Crippen molar-refractivity contribution in [3.63, 3.8) is 0 Å². The number of benzene rings is 1. The summed E-state index contributed by atoms with van der Waals surface area (Å²) in [4.78, 5) is 11.2. The van der Waals surface area contributed by atoms with E-state index in [-0.39, 0.29) is 5.82 Å². The highest BCUT2D eigenvalue weighted by atomic mass is 32.2. The van der Waals surface area contributed by atoms with E-state index in [1.807, 2.05) is 12.4 Å². The van der Waals surface area contributed by atoms with Crippen molar-refractivity contribution in [1.82, 2.24) is 14.9 Å². The summed E-state index contributed by atoms with van der Waals surface area (Å²) in [5.74, 6) is 0.765. The molecule has 4 nitrogen and oxygen atoms in total. The first-order valence-electron chi connectivity index (χ1n) is 9.23. The van der Waals surface area contributed by atoms with E-state index in [1.165, 1.54) is 12.1 Å². The van der Waals surface area contributed by atoms with E-state index < -0.39 is 5.60 Å². The maximum atomic E-state index is 13.2. The number of hydrogen-bond acceptors (Lipinski definition) is 5. The Morgan fingerprint density at radius 1 is 1.15 bits per heavy atom. The van der Waals surface area contributed by atoms with Crippen molar-refractivity contribution in [3.8, 4) is 0 Å². The number of aromatic nitrogens is 2. The van der Waals surface area contributed by atoms with Gasteiger partial charge in [0, 0.05) is 36.8 Å². The van der Waals surface area contributed by atoms with Gasteiger partial charge in [-0.1, -0.05) is 30.8 Å². The molecule has 1 unspecified atom stereocenters. The predicted molar refractivity (Wildman–Crippen MR) is 102 cm³/mol. The molecule has 2 heterocycles.